The Hall–Kier alpha value is -4.03. The average molecular weight is 644 g/mol. The van der Waals surface area contributed by atoms with E-state index in [0.29, 0.717) is 29.9 Å². The number of amides is 2. The van der Waals surface area contributed by atoms with Crippen LogP contribution in [-0.2, 0) is 32.9 Å². The number of hydrogen-bond acceptors (Lipinski definition) is 7. The maximum atomic E-state index is 14.5. The van der Waals surface area contributed by atoms with Gasteiger partial charge in [-0.05, 0) is 61.0 Å². The van der Waals surface area contributed by atoms with Crippen LogP contribution in [0.1, 0.15) is 30.0 Å². The van der Waals surface area contributed by atoms with Gasteiger partial charge in [0, 0.05) is 42.0 Å². The first-order chi connectivity index (χ1) is 22.0. The third-order valence-corrected chi connectivity index (χ3v) is 12.5. The number of aliphatic hydroxyl groups is 1. The van der Waals surface area contributed by atoms with Crippen molar-refractivity contribution < 1.29 is 29.0 Å². The van der Waals surface area contributed by atoms with Crippen molar-refractivity contribution in [1.82, 2.24) is 9.47 Å². The lowest BCUT2D eigenvalue weighted by atomic mass is 9.82. The number of hydrogen-bond donors (Lipinski definition) is 2. The third kappa shape index (κ3) is 5.02. The molecule has 1 saturated heterocycles. The van der Waals surface area contributed by atoms with Crippen LogP contribution >= 0.6 is 0 Å². The lowest BCUT2D eigenvalue weighted by Gasteiger charge is -2.37. The molecule has 2 aromatic carbocycles. The summed E-state index contributed by atoms with van der Waals surface area (Å²) in [7, 11) is -1.60. The van der Waals surface area contributed by atoms with Gasteiger partial charge in [0.05, 0.1) is 38.0 Å². The number of anilines is 1. The quantitative estimate of drug-likeness (QED) is 0.285. The van der Waals surface area contributed by atoms with Gasteiger partial charge in [-0.2, -0.15) is 0 Å². The number of ether oxygens (including phenoxy) is 2. The van der Waals surface area contributed by atoms with E-state index in [0.717, 1.165) is 11.1 Å². The zero-order chi connectivity index (χ0) is 33.0. The van der Waals surface area contributed by atoms with E-state index in [4.69, 9.17) is 9.47 Å². The molecule has 3 aromatic rings. The van der Waals surface area contributed by atoms with Gasteiger partial charge in [-0.1, -0.05) is 37.3 Å². The summed E-state index contributed by atoms with van der Waals surface area (Å²) in [5, 5.41) is 10.2. The third-order valence-electron chi connectivity index (χ3n) is 9.95. The van der Waals surface area contributed by atoms with Gasteiger partial charge in [0.2, 0.25) is 5.91 Å². The number of pyridine rings is 1. The standard InChI is InChI=1S/C35H41N3O7Si/c1-6-15-37-28-14-13-25(36-16-9-12-29(44-3)33(36)41)18-27(28)35(34(37)42)22(2)32(46(4,5)43)30(45-35)19-31(40)38-20-24-11-8-7-10-23(24)17-26(38)21-39/h6-14,16,18,22,26,30,32,39,43H,1,15,17,19-21H2,2-5H3/t22-,26-,30+,32-,35+/m0/s1. The summed E-state index contributed by atoms with van der Waals surface area (Å²) in [5.41, 5.74) is 1.57. The van der Waals surface area contributed by atoms with Crippen LogP contribution < -0.4 is 15.2 Å². The molecule has 2 N–H and O–H groups in total. The fourth-order valence-corrected chi connectivity index (χ4v) is 10.4. The molecule has 242 valence electrons. The van der Waals surface area contributed by atoms with Crippen LogP contribution in [0, 0.1) is 5.92 Å². The van der Waals surface area contributed by atoms with Gasteiger partial charge in [0.25, 0.3) is 11.5 Å². The van der Waals surface area contributed by atoms with Crippen LogP contribution in [0.5, 0.6) is 5.75 Å². The minimum Gasteiger partial charge on any atom is -0.491 e. The van der Waals surface area contributed by atoms with Crippen molar-refractivity contribution in [2.75, 3.05) is 25.2 Å². The number of aromatic nitrogens is 1. The summed E-state index contributed by atoms with van der Waals surface area (Å²) in [6.07, 6.45) is 3.02. The minimum absolute atomic E-state index is 0.0501. The number of benzene rings is 2. The Morgan fingerprint density at radius 1 is 1.15 bits per heavy atom. The lowest BCUT2D eigenvalue weighted by Crippen LogP contribution is -2.48. The highest BCUT2D eigenvalue weighted by atomic mass is 28.4. The molecule has 0 unspecified atom stereocenters. The van der Waals surface area contributed by atoms with E-state index in [1.54, 1.807) is 52.4 Å². The number of nitrogens with zero attached hydrogens (tertiary/aromatic N) is 3. The smallest absolute Gasteiger partial charge is 0.297 e. The van der Waals surface area contributed by atoms with Crippen molar-refractivity contribution in [2.24, 2.45) is 5.92 Å². The van der Waals surface area contributed by atoms with Crippen LogP contribution in [0.4, 0.5) is 5.69 Å². The Morgan fingerprint density at radius 2 is 1.89 bits per heavy atom. The predicted octanol–water partition coefficient (Wildman–Crippen LogP) is 3.51. The molecule has 0 aliphatic carbocycles. The average Bonchev–Trinajstić information content (AvgIpc) is 3.46. The van der Waals surface area contributed by atoms with E-state index in [1.807, 2.05) is 44.3 Å². The zero-order valence-corrected chi connectivity index (χ0v) is 27.7. The second kappa shape index (κ2) is 12.0. The molecule has 3 aliphatic rings. The molecular weight excluding hydrogens is 602 g/mol. The summed E-state index contributed by atoms with van der Waals surface area (Å²) >= 11 is 0. The largest absolute Gasteiger partial charge is 0.491 e. The maximum Gasteiger partial charge on any atom is 0.297 e. The fourth-order valence-electron chi connectivity index (χ4n) is 7.89. The topological polar surface area (TPSA) is 122 Å². The van der Waals surface area contributed by atoms with Crippen molar-refractivity contribution in [1.29, 1.82) is 0 Å². The first-order valence-corrected chi connectivity index (χ1v) is 18.7. The van der Waals surface area contributed by atoms with Gasteiger partial charge in [0.15, 0.2) is 19.7 Å². The molecule has 5 atom stereocenters. The molecule has 0 bridgehead atoms. The van der Waals surface area contributed by atoms with Gasteiger partial charge in [-0.3, -0.25) is 19.0 Å². The van der Waals surface area contributed by atoms with Crippen molar-refractivity contribution >= 4 is 25.8 Å². The van der Waals surface area contributed by atoms with Crippen LogP contribution in [0.15, 0.2) is 78.2 Å². The molecule has 1 fully saturated rings. The Labute approximate surface area is 269 Å². The highest BCUT2D eigenvalue weighted by Crippen LogP contribution is 2.60. The van der Waals surface area contributed by atoms with E-state index in [1.165, 1.54) is 11.7 Å². The molecule has 46 heavy (non-hydrogen) atoms. The predicted molar refractivity (Wildman–Crippen MR) is 176 cm³/mol. The molecule has 4 heterocycles. The van der Waals surface area contributed by atoms with E-state index >= 15 is 0 Å². The molecular formula is C35H41N3O7Si. The summed E-state index contributed by atoms with van der Waals surface area (Å²) in [6.45, 7) is 9.83. The molecule has 0 saturated carbocycles. The Bertz CT molecular complexity index is 1750. The highest BCUT2D eigenvalue weighted by molar-refractivity contribution is 6.71. The fraction of sp³-hybridized carbons (Fsp3) is 0.400. The van der Waals surface area contributed by atoms with Crippen LogP contribution in [0.25, 0.3) is 5.69 Å². The van der Waals surface area contributed by atoms with Crippen molar-refractivity contribution in [3.05, 3.63) is 100 Å². The van der Waals surface area contributed by atoms with Crippen LogP contribution in [-0.4, -0.2) is 71.9 Å². The maximum absolute atomic E-state index is 14.5. The molecule has 1 spiro atoms. The number of carbonyl (C=O) groups excluding carboxylic acids is 2. The monoisotopic (exact) mass is 643 g/mol. The summed E-state index contributed by atoms with van der Waals surface area (Å²) in [6, 6.07) is 16.2. The summed E-state index contributed by atoms with van der Waals surface area (Å²) < 4.78 is 13.6. The number of rotatable bonds is 8. The first kappa shape index (κ1) is 31.9. The molecule has 6 rings (SSSR count). The number of carbonyl (C=O) groups is 2. The first-order valence-electron chi connectivity index (χ1n) is 15.7. The number of fused-ring (bicyclic) bond motifs is 3. The van der Waals surface area contributed by atoms with Crippen molar-refractivity contribution in [2.45, 2.75) is 62.7 Å². The zero-order valence-electron chi connectivity index (χ0n) is 26.7. The van der Waals surface area contributed by atoms with E-state index in [9.17, 15) is 24.3 Å². The second-order valence-electron chi connectivity index (χ2n) is 13.1. The molecule has 10 nitrogen and oxygen atoms in total. The van der Waals surface area contributed by atoms with E-state index in [2.05, 4.69) is 6.58 Å². The molecule has 3 aliphatic heterocycles. The van der Waals surface area contributed by atoms with Gasteiger partial charge in [-0.15, -0.1) is 6.58 Å². The summed E-state index contributed by atoms with van der Waals surface area (Å²) in [4.78, 5) is 56.7. The van der Waals surface area contributed by atoms with Crippen LogP contribution in [0.3, 0.4) is 0 Å². The number of methoxy groups -OCH3 is 1. The highest BCUT2D eigenvalue weighted by Gasteiger charge is 2.66. The van der Waals surface area contributed by atoms with E-state index < -0.39 is 31.5 Å². The van der Waals surface area contributed by atoms with E-state index in [-0.39, 0.29) is 48.7 Å². The van der Waals surface area contributed by atoms with Gasteiger partial charge >= 0.3 is 0 Å². The summed E-state index contributed by atoms with van der Waals surface area (Å²) in [5.74, 6) is -0.800. The molecule has 11 heteroatoms. The Balaban J connectivity index is 1.42. The van der Waals surface area contributed by atoms with Gasteiger partial charge in [-0.25, -0.2) is 0 Å². The molecule has 1 aromatic heterocycles. The van der Waals surface area contributed by atoms with Crippen molar-refractivity contribution in [3.63, 3.8) is 0 Å². The Morgan fingerprint density at radius 3 is 2.57 bits per heavy atom. The molecule has 2 amide bonds. The van der Waals surface area contributed by atoms with Crippen molar-refractivity contribution in [3.8, 4) is 11.4 Å². The number of aliphatic hydroxyl groups excluding tert-OH is 1. The minimum atomic E-state index is -3.04. The van der Waals surface area contributed by atoms with Crippen LogP contribution in [0.2, 0.25) is 18.6 Å². The molecule has 0 radical (unpaired) electrons. The second-order valence-corrected chi connectivity index (χ2v) is 17.0. The lowest BCUT2D eigenvalue weighted by molar-refractivity contribution is -0.150. The van der Waals surface area contributed by atoms with Gasteiger partial charge in [0.1, 0.15) is 0 Å². The Kier molecular flexibility index (Phi) is 8.30. The van der Waals surface area contributed by atoms with Gasteiger partial charge < -0.3 is 29.2 Å². The SMILES string of the molecule is C=CCN1C(=O)[C@]2(O[C@H](CC(=O)N3Cc4ccccc4C[C@H]3CO)[C@@H]([Si](C)(C)O)[C@@H]2C)c2cc(-n3cccc(OC)c3=O)ccc21. The normalized spacial score (nSPS) is 25.5.